The van der Waals surface area contributed by atoms with E-state index in [0.717, 1.165) is 6.08 Å². The molecule has 0 aliphatic carbocycles. The summed E-state index contributed by atoms with van der Waals surface area (Å²) >= 11 is 0. The number of allylic oxidation sites excluding steroid dienone is 5. The Kier molecular flexibility index (Phi) is 8.20. The molecule has 0 atom stereocenters. The molecule has 0 saturated carbocycles. The molecule has 0 aliphatic rings. The lowest BCUT2D eigenvalue weighted by atomic mass is 10.1. The van der Waals surface area contributed by atoms with E-state index in [1.54, 1.807) is 0 Å². The first kappa shape index (κ1) is 15.5. The number of hydrogen-bond donors (Lipinski definition) is 0. The molecule has 0 nitrogen and oxygen atoms in total. The van der Waals surface area contributed by atoms with Gasteiger partial charge >= 0.3 is 6.18 Å². The van der Waals surface area contributed by atoms with Crippen molar-refractivity contribution in [2.45, 2.75) is 33.9 Å². The van der Waals surface area contributed by atoms with E-state index in [1.807, 2.05) is 13.8 Å². The minimum atomic E-state index is -4.27. The van der Waals surface area contributed by atoms with Crippen LogP contribution in [0.3, 0.4) is 0 Å². The molecule has 0 aliphatic heterocycles. The van der Waals surface area contributed by atoms with Crippen molar-refractivity contribution in [3.8, 4) is 0 Å². The summed E-state index contributed by atoms with van der Waals surface area (Å²) in [4.78, 5) is 0. The molecular weight excluding hydrogens is 189 g/mol. The lowest BCUT2D eigenvalue weighted by Gasteiger charge is -2.08. The summed E-state index contributed by atoms with van der Waals surface area (Å²) in [6.45, 7) is 10.2. The Morgan fingerprint density at radius 3 is 1.79 bits per heavy atom. The highest BCUT2D eigenvalue weighted by Crippen LogP contribution is 2.28. The van der Waals surface area contributed by atoms with Crippen LogP contribution in [0.15, 0.2) is 36.0 Å². The van der Waals surface area contributed by atoms with Crippen molar-refractivity contribution >= 4 is 0 Å². The monoisotopic (exact) mass is 206 g/mol. The molecule has 0 aromatic rings. The number of alkyl halides is 3. The van der Waals surface area contributed by atoms with Crippen LogP contribution < -0.4 is 0 Å². The second-order valence-corrected chi connectivity index (χ2v) is 2.51. The van der Waals surface area contributed by atoms with Gasteiger partial charge in [-0.25, -0.2) is 0 Å². The van der Waals surface area contributed by atoms with Crippen molar-refractivity contribution in [3.05, 3.63) is 36.0 Å². The molecule has 0 bridgehead atoms. The first-order valence-electron chi connectivity index (χ1n) is 4.43. The first-order chi connectivity index (χ1) is 6.39. The van der Waals surface area contributed by atoms with E-state index in [0.29, 0.717) is 0 Å². The van der Waals surface area contributed by atoms with Crippen LogP contribution in [0.5, 0.6) is 0 Å². The van der Waals surface area contributed by atoms with Crippen LogP contribution in [-0.4, -0.2) is 6.18 Å². The van der Waals surface area contributed by atoms with Gasteiger partial charge in [0.15, 0.2) is 0 Å². The number of halogens is 3. The van der Waals surface area contributed by atoms with Gasteiger partial charge in [-0.3, -0.25) is 0 Å². The van der Waals surface area contributed by atoms with Crippen LogP contribution in [-0.2, 0) is 0 Å². The average Bonchev–Trinajstić information content (AvgIpc) is 2.05. The molecule has 0 rings (SSSR count). The Balaban J connectivity index is 0. The standard InChI is InChI=1S/C9H11F3.C2H6/c1-4-5-6-8(7(2)3)9(10,11)12;1-2/h4-6H,1H2,2-3H3;1-2H3/b6-5-;. The van der Waals surface area contributed by atoms with Crippen molar-refractivity contribution < 1.29 is 13.2 Å². The third-order valence-electron chi connectivity index (χ3n) is 1.24. The quantitative estimate of drug-likeness (QED) is 0.577. The summed E-state index contributed by atoms with van der Waals surface area (Å²) in [7, 11) is 0. The maximum absolute atomic E-state index is 12.2. The third-order valence-corrected chi connectivity index (χ3v) is 1.24. The van der Waals surface area contributed by atoms with Crippen molar-refractivity contribution in [1.29, 1.82) is 0 Å². The summed E-state index contributed by atoms with van der Waals surface area (Å²) in [5, 5.41) is 0. The van der Waals surface area contributed by atoms with Crippen molar-refractivity contribution in [2.24, 2.45) is 0 Å². The van der Waals surface area contributed by atoms with E-state index in [9.17, 15) is 13.2 Å². The third kappa shape index (κ3) is 6.52. The van der Waals surface area contributed by atoms with Gasteiger partial charge in [0.05, 0.1) is 5.57 Å². The second-order valence-electron chi connectivity index (χ2n) is 2.51. The van der Waals surface area contributed by atoms with Gasteiger partial charge in [0.1, 0.15) is 0 Å². The molecule has 0 heterocycles. The predicted molar refractivity (Wildman–Crippen MR) is 55.1 cm³/mol. The lowest BCUT2D eigenvalue weighted by Crippen LogP contribution is -2.11. The SMILES string of the molecule is C=C/C=C\C(=C(C)C)C(F)(F)F.CC. The van der Waals surface area contributed by atoms with Gasteiger partial charge in [0.25, 0.3) is 0 Å². The molecule has 0 aromatic heterocycles. The second kappa shape index (κ2) is 7.42. The van der Waals surface area contributed by atoms with Gasteiger partial charge in [-0.15, -0.1) is 0 Å². The molecule has 0 spiro atoms. The van der Waals surface area contributed by atoms with Gasteiger partial charge in [0.2, 0.25) is 0 Å². The van der Waals surface area contributed by atoms with Crippen molar-refractivity contribution in [3.63, 3.8) is 0 Å². The minimum absolute atomic E-state index is 0.251. The van der Waals surface area contributed by atoms with Crippen LogP contribution in [0.2, 0.25) is 0 Å². The largest absolute Gasteiger partial charge is 0.416 e. The zero-order chi connectivity index (χ0) is 11.8. The van der Waals surface area contributed by atoms with E-state index in [2.05, 4.69) is 6.58 Å². The van der Waals surface area contributed by atoms with Gasteiger partial charge in [-0.05, 0) is 13.8 Å². The molecule has 0 N–H and O–H groups in total. The zero-order valence-corrected chi connectivity index (χ0v) is 9.07. The Morgan fingerprint density at radius 1 is 1.14 bits per heavy atom. The summed E-state index contributed by atoms with van der Waals surface area (Å²) in [6.07, 6.45) is -0.662. The molecule has 82 valence electrons. The normalized spacial score (nSPS) is 10.5. The van der Waals surface area contributed by atoms with E-state index in [4.69, 9.17) is 0 Å². The Labute approximate surface area is 83.8 Å². The highest BCUT2D eigenvalue weighted by atomic mass is 19.4. The number of hydrogen-bond acceptors (Lipinski definition) is 0. The smallest absolute Gasteiger partial charge is 0.166 e. The average molecular weight is 206 g/mol. The molecule has 0 fully saturated rings. The Bertz CT molecular complexity index is 215. The highest BCUT2D eigenvalue weighted by Gasteiger charge is 2.32. The Hall–Kier alpha value is -0.990. The van der Waals surface area contributed by atoms with Crippen molar-refractivity contribution in [2.75, 3.05) is 0 Å². The van der Waals surface area contributed by atoms with Gasteiger partial charge in [-0.1, -0.05) is 44.2 Å². The first-order valence-corrected chi connectivity index (χ1v) is 4.43. The van der Waals surface area contributed by atoms with E-state index in [-0.39, 0.29) is 5.57 Å². The fraction of sp³-hybridized carbons (Fsp3) is 0.455. The van der Waals surface area contributed by atoms with Crippen LogP contribution in [0.4, 0.5) is 13.2 Å². The summed E-state index contributed by atoms with van der Waals surface area (Å²) < 4.78 is 36.5. The predicted octanol–water partition coefficient (Wildman–Crippen LogP) is 4.65. The van der Waals surface area contributed by atoms with Crippen LogP contribution in [0.1, 0.15) is 27.7 Å². The summed E-state index contributed by atoms with van der Waals surface area (Å²) in [5.41, 5.74) is -0.358. The fourth-order valence-electron chi connectivity index (χ4n) is 0.709. The summed E-state index contributed by atoms with van der Waals surface area (Å²) in [5.74, 6) is 0. The molecule has 3 heteroatoms. The zero-order valence-electron chi connectivity index (χ0n) is 9.07. The molecular formula is C11H17F3. The maximum Gasteiger partial charge on any atom is 0.416 e. The lowest BCUT2D eigenvalue weighted by molar-refractivity contribution is -0.0889. The Morgan fingerprint density at radius 2 is 1.57 bits per heavy atom. The van der Waals surface area contributed by atoms with Crippen LogP contribution in [0.25, 0.3) is 0 Å². The van der Waals surface area contributed by atoms with Gasteiger partial charge in [0, 0.05) is 0 Å². The molecule has 0 unspecified atom stereocenters. The van der Waals surface area contributed by atoms with Crippen LogP contribution in [0, 0.1) is 0 Å². The van der Waals surface area contributed by atoms with Gasteiger partial charge < -0.3 is 0 Å². The molecule has 0 saturated heterocycles. The summed E-state index contributed by atoms with van der Waals surface area (Å²) in [6, 6.07) is 0. The minimum Gasteiger partial charge on any atom is -0.166 e. The molecule has 0 aromatic carbocycles. The fourth-order valence-corrected chi connectivity index (χ4v) is 0.709. The molecule has 14 heavy (non-hydrogen) atoms. The molecule has 0 radical (unpaired) electrons. The highest BCUT2D eigenvalue weighted by molar-refractivity contribution is 5.29. The van der Waals surface area contributed by atoms with E-state index < -0.39 is 11.7 Å². The number of rotatable bonds is 2. The van der Waals surface area contributed by atoms with Crippen molar-refractivity contribution in [1.82, 2.24) is 0 Å². The maximum atomic E-state index is 12.2. The molecule has 0 amide bonds. The van der Waals surface area contributed by atoms with E-state index in [1.165, 1.54) is 26.0 Å². The van der Waals surface area contributed by atoms with Crippen LogP contribution >= 0.6 is 0 Å². The van der Waals surface area contributed by atoms with E-state index >= 15 is 0 Å². The topological polar surface area (TPSA) is 0 Å². The van der Waals surface area contributed by atoms with Gasteiger partial charge in [-0.2, -0.15) is 13.2 Å².